The van der Waals surface area contributed by atoms with Gasteiger partial charge in [-0.3, -0.25) is 0 Å². The summed E-state index contributed by atoms with van der Waals surface area (Å²) in [6, 6.07) is 0.556. The Morgan fingerprint density at radius 2 is 1.72 bits per heavy atom. The maximum Gasteiger partial charge on any atom is 0.0594 e. The fraction of sp³-hybridized carbons (Fsp3) is 1.00. The SMILES string of the molecule is CCN(CC)CC(C)NCC1C(C)OC(C)C1C. The minimum atomic E-state index is 0.392. The molecule has 0 amide bonds. The molecule has 108 valence electrons. The molecule has 1 aliphatic rings. The number of ether oxygens (including phenoxy) is 1. The van der Waals surface area contributed by atoms with E-state index in [-0.39, 0.29) is 0 Å². The zero-order chi connectivity index (χ0) is 13.7. The molecule has 0 aliphatic carbocycles. The van der Waals surface area contributed by atoms with E-state index in [1.54, 1.807) is 0 Å². The van der Waals surface area contributed by atoms with E-state index in [1.165, 1.54) is 0 Å². The van der Waals surface area contributed by atoms with Gasteiger partial charge in [-0.1, -0.05) is 20.8 Å². The number of nitrogens with zero attached hydrogens (tertiary/aromatic N) is 1. The van der Waals surface area contributed by atoms with E-state index in [0.717, 1.165) is 26.2 Å². The van der Waals surface area contributed by atoms with Gasteiger partial charge in [0.05, 0.1) is 12.2 Å². The van der Waals surface area contributed by atoms with E-state index in [1.807, 2.05) is 0 Å². The second-order valence-corrected chi connectivity index (χ2v) is 5.86. The fourth-order valence-electron chi connectivity index (χ4n) is 2.96. The van der Waals surface area contributed by atoms with Crippen molar-refractivity contribution < 1.29 is 4.74 Å². The largest absolute Gasteiger partial charge is 0.375 e. The Hall–Kier alpha value is -0.120. The molecule has 0 aromatic carbocycles. The molecule has 5 unspecified atom stereocenters. The highest BCUT2D eigenvalue weighted by Crippen LogP contribution is 2.31. The summed E-state index contributed by atoms with van der Waals surface area (Å²) in [5.41, 5.74) is 0. The summed E-state index contributed by atoms with van der Waals surface area (Å²) >= 11 is 0. The van der Waals surface area contributed by atoms with Gasteiger partial charge in [0.1, 0.15) is 0 Å². The second kappa shape index (κ2) is 7.46. The van der Waals surface area contributed by atoms with Crippen LogP contribution in [0.2, 0.25) is 0 Å². The molecule has 1 N–H and O–H groups in total. The molecule has 5 atom stereocenters. The Morgan fingerprint density at radius 1 is 1.11 bits per heavy atom. The van der Waals surface area contributed by atoms with E-state index in [0.29, 0.717) is 30.1 Å². The third-order valence-corrected chi connectivity index (χ3v) is 4.58. The van der Waals surface area contributed by atoms with Crippen LogP contribution < -0.4 is 5.32 Å². The molecule has 3 heteroatoms. The van der Waals surface area contributed by atoms with Crippen LogP contribution in [-0.4, -0.2) is 49.3 Å². The van der Waals surface area contributed by atoms with Crippen molar-refractivity contribution in [1.29, 1.82) is 0 Å². The van der Waals surface area contributed by atoms with Gasteiger partial charge in [0.2, 0.25) is 0 Å². The number of likely N-dealkylation sites (N-methyl/N-ethyl adjacent to an activating group) is 1. The highest BCUT2D eigenvalue weighted by atomic mass is 16.5. The Morgan fingerprint density at radius 3 is 2.17 bits per heavy atom. The Balaban J connectivity index is 2.31. The quantitative estimate of drug-likeness (QED) is 0.757. The predicted molar refractivity (Wildman–Crippen MR) is 77.9 cm³/mol. The molecular weight excluding hydrogens is 224 g/mol. The van der Waals surface area contributed by atoms with E-state index >= 15 is 0 Å². The lowest BCUT2D eigenvalue weighted by Crippen LogP contribution is -2.42. The van der Waals surface area contributed by atoms with Crippen molar-refractivity contribution in [1.82, 2.24) is 10.2 Å². The number of hydrogen-bond acceptors (Lipinski definition) is 3. The molecule has 0 saturated carbocycles. The lowest BCUT2D eigenvalue weighted by atomic mass is 9.89. The summed E-state index contributed by atoms with van der Waals surface area (Å²) in [6.07, 6.45) is 0.799. The van der Waals surface area contributed by atoms with E-state index < -0.39 is 0 Å². The van der Waals surface area contributed by atoms with Gasteiger partial charge in [-0.25, -0.2) is 0 Å². The van der Waals surface area contributed by atoms with Gasteiger partial charge in [-0.15, -0.1) is 0 Å². The lowest BCUT2D eigenvalue weighted by molar-refractivity contribution is 0.0509. The first-order valence-corrected chi connectivity index (χ1v) is 7.60. The maximum atomic E-state index is 5.89. The lowest BCUT2D eigenvalue weighted by Gasteiger charge is -2.26. The van der Waals surface area contributed by atoms with Crippen LogP contribution in [0.4, 0.5) is 0 Å². The first kappa shape index (κ1) is 15.9. The van der Waals surface area contributed by atoms with Crippen molar-refractivity contribution in [3.8, 4) is 0 Å². The molecule has 1 aliphatic heterocycles. The Kier molecular flexibility index (Phi) is 6.61. The van der Waals surface area contributed by atoms with Crippen molar-refractivity contribution in [3.05, 3.63) is 0 Å². The smallest absolute Gasteiger partial charge is 0.0594 e. The Bertz CT molecular complexity index is 231. The molecule has 1 fully saturated rings. The van der Waals surface area contributed by atoms with Crippen molar-refractivity contribution in [2.45, 2.75) is 59.8 Å². The molecule has 1 saturated heterocycles. The summed E-state index contributed by atoms with van der Waals surface area (Å²) in [4.78, 5) is 2.47. The van der Waals surface area contributed by atoms with E-state index in [4.69, 9.17) is 4.74 Å². The van der Waals surface area contributed by atoms with Gasteiger partial charge >= 0.3 is 0 Å². The molecule has 18 heavy (non-hydrogen) atoms. The van der Waals surface area contributed by atoms with Gasteiger partial charge < -0.3 is 15.0 Å². The Labute approximate surface area is 113 Å². The van der Waals surface area contributed by atoms with Crippen LogP contribution in [0.5, 0.6) is 0 Å². The van der Waals surface area contributed by atoms with Gasteiger partial charge in [-0.2, -0.15) is 0 Å². The zero-order valence-electron chi connectivity index (χ0n) is 13.1. The summed E-state index contributed by atoms with van der Waals surface area (Å²) in [5, 5.41) is 3.68. The normalized spacial score (nSPS) is 34.2. The first-order chi connectivity index (χ1) is 8.49. The summed E-state index contributed by atoms with van der Waals surface area (Å²) in [6.45, 7) is 18.0. The number of hydrogen-bond donors (Lipinski definition) is 1. The third-order valence-electron chi connectivity index (χ3n) is 4.58. The van der Waals surface area contributed by atoms with Crippen LogP contribution in [0.3, 0.4) is 0 Å². The van der Waals surface area contributed by atoms with Gasteiger partial charge in [0.15, 0.2) is 0 Å². The summed E-state index contributed by atoms with van der Waals surface area (Å²) < 4.78 is 5.89. The highest BCUT2D eigenvalue weighted by Gasteiger charge is 2.36. The first-order valence-electron chi connectivity index (χ1n) is 7.60. The second-order valence-electron chi connectivity index (χ2n) is 5.86. The van der Waals surface area contributed by atoms with Crippen molar-refractivity contribution >= 4 is 0 Å². The predicted octanol–water partition coefficient (Wildman–Crippen LogP) is 2.37. The molecule has 1 heterocycles. The van der Waals surface area contributed by atoms with Crippen LogP contribution in [0.15, 0.2) is 0 Å². The maximum absolute atomic E-state index is 5.89. The van der Waals surface area contributed by atoms with E-state index in [2.05, 4.69) is 51.8 Å². The average molecular weight is 256 g/mol. The average Bonchev–Trinajstić information content (AvgIpc) is 2.58. The molecule has 0 bridgehead atoms. The standard InChI is InChI=1S/C15H32N2O/c1-7-17(8-2)10-11(3)16-9-15-12(4)13(5)18-14(15)6/h11-16H,7-10H2,1-6H3. The molecule has 0 radical (unpaired) electrons. The summed E-state index contributed by atoms with van der Waals surface area (Å²) in [5.74, 6) is 1.31. The number of nitrogens with one attached hydrogen (secondary N) is 1. The highest BCUT2D eigenvalue weighted by molar-refractivity contribution is 4.86. The number of rotatable bonds is 7. The van der Waals surface area contributed by atoms with Gasteiger partial charge in [-0.05, 0) is 39.8 Å². The molecule has 3 nitrogen and oxygen atoms in total. The minimum Gasteiger partial charge on any atom is -0.375 e. The van der Waals surface area contributed by atoms with Gasteiger partial charge in [0.25, 0.3) is 0 Å². The van der Waals surface area contributed by atoms with Crippen molar-refractivity contribution in [2.24, 2.45) is 11.8 Å². The molecule has 0 aromatic rings. The minimum absolute atomic E-state index is 0.392. The zero-order valence-corrected chi connectivity index (χ0v) is 13.1. The topological polar surface area (TPSA) is 24.5 Å². The van der Waals surface area contributed by atoms with Crippen LogP contribution in [-0.2, 0) is 4.74 Å². The molecule has 1 rings (SSSR count). The summed E-state index contributed by atoms with van der Waals surface area (Å²) in [7, 11) is 0. The van der Waals surface area contributed by atoms with Crippen LogP contribution >= 0.6 is 0 Å². The van der Waals surface area contributed by atoms with E-state index in [9.17, 15) is 0 Å². The van der Waals surface area contributed by atoms with Crippen molar-refractivity contribution in [3.63, 3.8) is 0 Å². The van der Waals surface area contributed by atoms with Gasteiger partial charge in [0, 0.05) is 25.0 Å². The monoisotopic (exact) mass is 256 g/mol. The molecule has 0 spiro atoms. The van der Waals surface area contributed by atoms with Crippen LogP contribution in [0.25, 0.3) is 0 Å². The van der Waals surface area contributed by atoms with Crippen molar-refractivity contribution in [2.75, 3.05) is 26.2 Å². The fourth-order valence-corrected chi connectivity index (χ4v) is 2.96. The molecule has 0 aromatic heterocycles. The third kappa shape index (κ3) is 4.22. The molecular formula is C15H32N2O. The van der Waals surface area contributed by atoms with Crippen LogP contribution in [0, 0.1) is 11.8 Å². The van der Waals surface area contributed by atoms with Crippen LogP contribution in [0.1, 0.15) is 41.5 Å².